The van der Waals surface area contributed by atoms with Gasteiger partial charge in [0.05, 0.1) is 24.1 Å². The van der Waals surface area contributed by atoms with E-state index in [2.05, 4.69) is 11.0 Å². The zero-order valence-electron chi connectivity index (χ0n) is 10.3. The molecule has 4 heteroatoms. The van der Waals surface area contributed by atoms with Crippen molar-refractivity contribution in [1.29, 1.82) is 5.26 Å². The molecule has 0 unspecified atom stereocenters. The van der Waals surface area contributed by atoms with E-state index in [1.807, 2.05) is 25.1 Å². The summed E-state index contributed by atoms with van der Waals surface area (Å²) in [5.41, 5.74) is 7.76. The number of nitrogens with zero attached hydrogens (tertiary/aromatic N) is 2. The van der Waals surface area contributed by atoms with Crippen LogP contribution < -0.4 is 10.6 Å². The van der Waals surface area contributed by atoms with E-state index in [4.69, 9.17) is 15.4 Å². The first-order valence-electron chi connectivity index (χ1n) is 5.81. The van der Waals surface area contributed by atoms with Crippen molar-refractivity contribution in [1.82, 2.24) is 0 Å². The summed E-state index contributed by atoms with van der Waals surface area (Å²) in [7, 11) is 0. The summed E-state index contributed by atoms with van der Waals surface area (Å²) < 4.78 is 5.34. The van der Waals surface area contributed by atoms with Crippen molar-refractivity contribution in [3.63, 3.8) is 0 Å². The lowest BCUT2D eigenvalue weighted by Crippen LogP contribution is -2.22. The topological polar surface area (TPSA) is 66.2 Å². The van der Waals surface area contributed by atoms with Crippen molar-refractivity contribution < 1.29 is 4.42 Å². The van der Waals surface area contributed by atoms with E-state index in [1.54, 1.807) is 18.4 Å². The number of nitrogen functional groups attached to an aromatic ring is 1. The van der Waals surface area contributed by atoms with Gasteiger partial charge in [0, 0.05) is 12.2 Å². The monoisotopic (exact) mass is 241 g/mol. The fourth-order valence-corrected chi connectivity index (χ4v) is 1.88. The van der Waals surface area contributed by atoms with E-state index in [-0.39, 0.29) is 0 Å². The van der Waals surface area contributed by atoms with Crippen molar-refractivity contribution in [3.8, 4) is 6.07 Å². The average molecular weight is 241 g/mol. The van der Waals surface area contributed by atoms with Gasteiger partial charge >= 0.3 is 0 Å². The lowest BCUT2D eigenvalue weighted by atomic mass is 10.1. The van der Waals surface area contributed by atoms with E-state index in [1.165, 1.54) is 0 Å². The van der Waals surface area contributed by atoms with Crippen LogP contribution in [-0.4, -0.2) is 6.54 Å². The number of anilines is 2. The van der Waals surface area contributed by atoms with Crippen LogP contribution in [0.1, 0.15) is 18.2 Å². The Hall–Kier alpha value is -2.41. The average Bonchev–Trinajstić information content (AvgIpc) is 2.89. The maximum atomic E-state index is 9.16. The zero-order valence-corrected chi connectivity index (χ0v) is 10.3. The fraction of sp³-hybridized carbons (Fsp3) is 0.214. The second-order valence-corrected chi connectivity index (χ2v) is 3.98. The summed E-state index contributed by atoms with van der Waals surface area (Å²) in [6.45, 7) is 3.47. The molecule has 0 bridgehead atoms. The highest BCUT2D eigenvalue weighted by Gasteiger charge is 2.11. The third kappa shape index (κ3) is 2.46. The molecule has 1 aromatic carbocycles. The molecule has 0 saturated carbocycles. The highest BCUT2D eigenvalue weighted by Crippen LogP contribution is 2.24. The molecule has 1 heterocycles. The van der Waals surface area contributed by atoms with Gasteiger partial charge in [-0.1, -0.05) is 0 Å². The van der Waals surface area contributed by atoms with Crippen LogP contribution in [-0.2, 0) is 6.54 Å². The predicted octanol–water partition coefficient (Wildman–Crippen LogP) is 2.76. The number of benzene rings is 1. The second-order valence-electron chi connectivity index (χ2n) is 3.98. The largest absolute Gasteiger partial charge is 0.467 e. The molecule has 18 heavy (non-hydrogen) atoms. The van der Waals surface area contributed by atoms with Gasteiger partial charge in [0.25, 0.3) is 0 Å². The molecule has 0 radical (unpaired) electrons. The molecule has 4 nitrogen and oxygen atoms in total. The van der Waals surface area contributed by atoms with Gasteiger partial charge in [0.1, 0.15) is 11.8 Å². The lowest BCUT2D eigenvalue weighted by molar-refractivity contribution is 0.503. The minimum atomic E-state index is 0.586. The molecule has 0 atom stereocenters. The van der Waals surface area contributed by atoms with Gasteiger partial charge in [-0.2, -0.15) is 5.26 Å². The molecule has 0 amide bonds. The molecule has 0 aliphatic carbocycles. The van der Waals surface area contributed by atoms with Gasteiger partial charge < -0.3 is 15.1 Å². The van der Waals surface area contributed by atoms with Crippen molar-refractivity contribution in [2.45, 2.75) is 13.5 Å². The number of hydrogen-bond acceptors (Lipinski definition) is 4. The number of rotatable bonds is 4. The first-order valence-corrected chi connectivity index (χ1v) is 5.81. The molecule has 0 saturated heterocycles. The van der Waals surface area contributed by atoms with E-state index >= 15 is 0 Å². The van der Waals surface area contributed by atoms with E-state index < -0.39 is 0 Å². The van der Waals surface area contributed by atoms with Gasteiger partial charge in [-0.25, -0.2) is 0 Å². The SMILES string of the molecule is CCN(Cc1ccco1)c1ccc(N)cc1C#N. The normalized spacial score (nSPS) is 10.0. The Morgan fingerprint density at radius 3 is 2.83 bits per heavy atom. The summed E-state index contributed by atoms with van der Waals surface area (Å²) >= 11 is 0. The second kappa shape index (κ2) is 5.28. The number of hydrogen-bond donors (Lipinski definition) is 1. The van der Waals surface area contributed by atoms with Crippen LogP contribution >= 0.6 is 0 Å². The summed E-state index contributed by atoms with van der Waals surface area (Å²) in [4.78, 5) is 2.08. The molecule has 2 rings (SSSR count). The van der Waals surface area contributed by atoms with Crippen molar-refractivity contribution in [3.05, 3.63) is 47.9 Å². The van der Waals surface area contributed by atoms with Crippen LogP contribution in [0.15, 0.2) is 41.0 Å². The zero-order chi connectivity index (χ0) is 13.0. The Morgan fingerprint density at radius 1 is 1.39 bits per heavy atom. The minimum absolute atomic E-state index is 0.586. The van der Waals surface area contributed by atoms with E-state index in [0.717, 1.165) is 18.0 Å². The molecule has 2 N–H and O–H groups in total. The van der Waals surface area contributed by atoms with Crippen molar-refractivity contribution >= 4 is 11.4 Å². The van der Waals surface area contributed by atoms with Crippen LogP contribution in [0, 0.1) is 11.3 Å². The Balaban J connectivity index is 2.30. The lowest BCUT2D eigenvalue weighted by Gasteiger charge is -2.23. The minimum Gasteiger partial charge on any atom is -0.467 e. The predicted molar refractivity (Wildman–Crippen MR) is 71.0 cm³/mol. The first-order chi connectivity index (χ1) is 8.74. The Kier molecular flexibility index (Phi) is 3.54. The van der Waals surface area contributed by atoms with Gasteiger partial charge in [0.2, 0.25) is 0 Å². The van der Waals surface area contributed by atoms with Crippen molar-refractivity contribution in [2.24, 2.45) is 0 Å². The quantitative estimate of drug-likeness (QED) is 0.836. The summed E-state index contributed by atoms with van der Waals surface area (Å²) in [6, 6.07) is 11.3. The summed E-state index contributed by atoms with van der Waals surface area (Å²) in [6.07, 6.45) is 1.65. The molecule has 0 fully saturated rings. The van der Waals surface area contributed by atoms with E-state index in [9.17, 15) is 0 Å². The smallest absolute Gasteiger partial charge is 0.123 e. The first kappa shape index (κ1) is 12.1. The van der Waals surface area contributed by atoms with Crippen LogP contribution in [0.2, 0.25) is 0 Å². The van der Waals surface area contributed by atoms with Crippen LogP contribution in [0.3, 0.4) is 0 Å². The number of furan rings is 1. The molecule has 0 aliphatic heterocycles. The van der Waals surface area contributed by atoms with Crippen LogP contribution in [0.5, 0.6) is 0 Å². The Labute approximate surface area is 106 Å². The molecule has 0 aliphatic rings. The molecular formula is C14H15N3O. The third-order valence-electron chi connectivity index (χ3n) is 2.79. The summed E-state index contributed by atoms with van der Waals surface area (Å²) in [5.74, 6) is 0.873. The van der Waals surface area contributed by atoms with E-state index in [0.29, 0.717) is 17.8 Å². The number of nitrogens with two attached hydrogens (primary N) is 1. The highest BCUT2D eigenvalue weighted by atomic mass is 16.3. The molecule has 2 aromatic rings. The van der Waals surface area contributed by atoms with Gasteiger partial charge in [-0.15, -0.1) is 0 Å². The summed E-state index contributed by atoms with van der Waals surface area (Å²) in [5, 5.41) is 9.16. The van der Waals surface area contributed by atoms with Crippen LogP contribution in [0.4, 0.5) is 11.4 Å². The maximum Gasteiger partial charge on any atom is 0.123 e. The highest BCUT2D eigenvalue weighted by molar-refractivity contribution is 5.64. The fourth-order valence-electron chi connectivity index (χ4n) is 1.88. The molecule has 1 aromatic heterocycles. The van der Waals surface area contributed by atoms with Crippen LogP contribution in [0.25, 0.3) is 0 Å². The maximum absolute atomic E-state index is 9.16. The van der Waals surface area contributed by atoms with Gasteiger partial charge in [-0.05, 0) is 37.3 Å². The standard InChI is InChI=1S/C14H15N3O/c1-2-17(10-13-4-3-7-18-13)14-6-5-12(16)8-11(14)9-15/h3-8H,2,10,16H2,1H3. The van der Waals surface area contributed by atoms with Gasteiger partial charge in [-0.3, -0.25) is 0 Å². The third-order valence-corrected chi connectivity index (χ3v) is 2.79. The Bertz CT molecular complexity index is 555. The molecule has 0 spiro atoms. The molecular weight excluding hydrogens is 226 g/mol. The molecule has 92 valence electrons. The Morgan fingerprint density at radius 2 is 2.22 bits per heavy atom. The van der Waals surface area contributed by atoms with Crippen molar-refractivity contribution in [2.75, 3.05) is 17.2 Å². The van der Waals surface area contributed by atoms with Gasteiger partial charge in [0.15, 0.2) is 0 Å². The number of nitriles is 1.